The molecule has 0 aromatic carbocycles. The van der Waals surface area contributed by atoms with Crippen LogP contribution in [0, 0.1) is 121 Å². The number of rotatable bonds is 0. The summed E-state index contributed by atoms with van der Waals surface area (Å²) < 4.78 is 0. The van der Waals surface area contributed by atoms with Crippen molar-refractivity contribution in [1.82, 2.24) is 14.7 Å². The van der Waals surface area contributed by atoms with Gasteiger partial charge in [0.1, 0.15) is 0 Å². The molecule has 0 N–H and O–H groups in total. The third-order valence-corrected chi connectivity index (χ3v) is 3.84. The topological polar surface area (TPSA) is 52.0 Å². The second-order valence-electron chi connectivity index (χ2n) is 5.92. The number of likely N-dealkylation sites (N-methyl/N-ethyl adjacent to an activating group) is 3. The van der Waals surface area contributed by atoms with E-state index in [1.807, 2.05) is 0 Å². The van der Waals surface area contributed by atoms with Crippen LogP contribution in [0.2, 0.25) is 0 Å². The fourth-order valence-electron chi connectivity index (χ4n) is 2.12. The molecular formula is C15H33N6Pm3-3. The van der Waals surface area contributed by atoms with Crippen molar-refractivity contribution < 1.29 is 121 Å². The van der Waals surface area contributed by atoms with Gasteiger partial charge in [0, 0.05) is 147 Å². The van der Waals surface area contributed by atoms with Crippen molar-refractivity contribution in [3.8, 4) is 0 Å². The first-order chi connectivity index (χ1) is 10.2. The summed E-state index contributed by atoms with van der Waals surface area (Å²) in [7, 11) is 6.57. The van der Waals surface area contributed by atoms with Crippen molar-refractivity contribution >= 4 is 0 Å². The van der Waals surface area contributed by atoms with E-state index in [0.717, 1.165) is 78.5 Å². The number of hydrogen-bond donors (Lipinski definition) is 0. The van der Waals surface area contributed by atoms with E-state index in [2.05, 4.69) is 51.8 Å². The Labute approximate surface area is 247 Å². The van der Waals surface area contributed by atoms with E-state index in [-0.39, 0.29) is 121 Å². The summed E-state index contributed by atoms with van der Waals surface area (Å²) in [4.78, 5) is 7.13. The average Bonchev–Trinajstić information content (AvgIpc) is 2.47. The molecule has 1 heterocycles. The van der Waals surface area contributed by atoms with E-state index >= 15 is 0 Å². The molecule has 0 aliphatic carbocycles. The van der Waals surface area contributed by atoms with Gasteiger partial charge < -0.3 is 30.7 Å². The molecule has 1 saturated heterocycles. The number of nitrogens with zero attached hydrogens (tertiary/aromatic N) is 6. The second kappa shape index (κ2) is 23.1. The second-order valence-corrected chi connectivity index (χ2v) is 5.92. The standard InChI is InChI=1S/C15H33N6.3Pm/c1-19-10-8-17-6-4-16-5-7-18-9-11-20(2)13-15-21(3)14-12-19;;;/h4-15H2,1-3H3;;;/q-3;;;. The minimum Gasteiger partial charge on any atom is -0.665 e. The largest absolute Gasteiger partial charge is 0.665 e. The molecule has 141 valence electrons. The van der Waals surface area contributed by atoms with E-state index in [1.54, 1.807) is 0 Å². The van der Waals surface area contributed by atoms with Gasteiger partial charge in [0.15, 0.2) is 0 Å². The van der Waals surface area contributed by atoms with E-state index in [4.69, 9.17) is 0 Å². The summed E-state index contributed by atoms with van der Waals surface area (Å²) in [6.07, 6.45) is 0. The van der Waals surface area contributed by atoms with Crippen molar-refractivity contribution in [3.05, 3.63) is 16.0 Å². The molecular weight excluding hydrogens is 699 g/mol. The predicted molar refractivity (Wildman–Crippen MR) is 91.8 cm³/mol. The molecule has 0 saturated carbocycles. The molecule has 1 aliphatic rings. The van der Waals surface area contributed by atoms with Crippen LogP contribution in [0.15, 0.2) is 0 Å². The van der Waals surface area contributed by atoms with Crippen LogP contribution in [0.3, 0.4) is 0 Å². The minimum atomic E-state index is 0. The first-order valence-electron chi connectivity index (χ1n) is 8.14. The third-order valence-electron chi connectivity index (χ3n) is 3.84. The van der Waals surface area contributed by atoms with Crippen LogP contribution >= 0.6 is 0 Å². The van der Waals surface area contributed by atoms with Crippen molar-refractivity contribution in [1.29, 1.82) is 0 Å². The van der Waals surface area contributed by atoms with Crippen LogP contribution in [-0.2, 0) is 0 Å². The van der Waals surface area contributed by atoms with Crippen molar-refractivity contribution in [2.45, 2.75) is 0 Å². The molecule has 0 aromatic heterocycles. The molecule has 0 spiro atoms. The molecule has 24 heavy (non-hydrogen) atoms. The Bertz CT molecular complexity index is 229. The molecule has 6 nitrogen and oxygen atoms in total. The van der Waals surface area contributed by atoms with Gasteiger partial charge in [-0.05, 0) is 34.2 Å². The van der Waals surface area contributed by atoms with Crippen LogP contribution in [0.25, 0.3) is 16.0 Å². The zero-order valence-electron chi connectivity index (χ0n) is 15.5. The number of hydrogen-bond acceptors (Lipinski definition) is 3. The van der Waals surface area contributed by atoms with Crippen molar-refractivity contribution in [2.24, 2.45) is 0 Å². The fourth-order valence-corrected chi connectivity index (χ4v) is 2.12. The van der Waals surface area contributed by atoms with Gasteiger partial charge >= 0.3 is 0 Å². The Morgan fingerprint density at radius 1 is 0.417 bits per heavy atom. The monoisotopic (exact) mass is 732 g/mol. The van der Waals surface area contributed by atoms with Crippen molar-refractivity contribution in [3.63, 3.8) is 0 Å². The van der Waals surface area contributed by atoms with Gasteiger partial charge in [-0.15, -0.1) is 13.1 Å². The van der Waals surface area contributed by atoms with E-state index in [1.165, 1.54) is 0 Å². The zero-order valence-corrected chi connectivity index (χ0v) is 24.1. The Hall–Kier alpha value is 3.77. The first kappa shape index (κ1) is 32.4. The van der Waals surface area contributed by atoms with Gasteiger partial charge in [-0.25, -0.2) is 0 Å². The molecule has 0 bridgehead atoms. The van der Waals surface area contributed by atoms with Gasteiger partial charge in [-0.3, -0.25) is 0 Å². The average molecular weight is 732 g/mol. The van der Waals surface area contributed by atoms with E-state index < -0.39 is 0 Å². The van der Waals surface area contributed by atoms with Crippen LogP contribution in [-0.4, -0.2) is 114 Å². The summed E-state index contributed by atoms with van der Waals surface area (Å²) in [5.74, 6) is 0. The molecule has 1 rings (SSSR count). The van der Waals surface area contributed by atoms with E-state index in [9.17, 15) is 0 Å². The Morgan fingerprint density at radius 2 is 0.667 bits per heavy atom. The molecule has 1 aliphatic heterocycles. The van der Waals surface area contributed by atoms with Gasteiger partial charge in [-0.1, -0.05) is 0 Å². The minimum absolute atomic E-state index is 0. The smallest absolute Gasteiger partial charge is 0.0107 e. The third kappa shape index (κ3) is 20.5. The fraction of sp³-hybridized carbons (Fsp3) is 1.00. The van der Waals surface area contributed by atoms with Gasteiger partial charge in [0.2, 0.25) is 0 Å². The molecule has 0 amide bonds. The first-order valence-corrected chi connectivity index (χ1v) is 8.14. The maximum atomic E-state index is 4.53. The van der Waals surface area contributed by atoms with Gasteiger partial charge in [0.05, 0.1) is 0 Å². The molecule has 9 heteroatoms. The van der Waals surface area contributed by atoms with E-state index in [0.29, 0.717) is 0 Å². The summed E-state index contributed by atoms with van der Waals surface area (Å²) in [5, 5.41) is 13.5. The van der Waals surface area contributed by atoms with Crippen LogP contribution in [0.5, 0.6) is 0 Å². The maximum Gasteiger partial charge on any atom is 0.0107 e. The predicted octanol–water partition coefficient (Wildman–Crippen LogP) is 0.917. The summed E-state index contributed by atoms with van der Waals surface area (Å²) >= 11 is 0. The summed E-state index contributed by atoms with van der Waals surface area (Å²) in [6.45, 7) is 11.8. The van der Waals surface area contributed by atoms with Gasteiger partial charge in [0.25, 0.3) is 0 Å². The quantitative estimate of drug-likeness (QED) is 0.373. The van der Waals surface area contributed by atoms with Gasteiger partial charge in [-0.2, -0.15) is 26.2 Å². The zero-order chi connectivity index (χ0) is 15.3. The van der Waals surface area contributed by atoms with Crippen molar-refractivity contribution in [2.75, 3.05) is 99.7 Å². The van der Waals surface area contributed by atoms with Crippen LogP contribution < -0.4 is 0 Å². The Morgan fingerprint density at radius 3 is 1.00 bits per heavy atom. The Balaban J connectivity index is -0.00000147. The molecule has 0 unspecified atom stereocenters. The van der Waals surface area contributed by atoms with Crippen LogP contribution in [0.4, 0.5) is 0 Å². The molecule has 0 atom stereocenters. The Kier molecular flexibility index (Phi) is 31.2. The summed E-state index contributed by atoms with van der Waals surface area (Å²) in [5.41, 5.74) is 0. The molecule has 1 fully saturated rings. The molecule has 0 aromatic rings. The van der Waals surface area contributed by atoms with Crippen LogP contribution in [0.1, 0.15) is 0 Å². The SMILES string of the molecule is CN1CC[N-]CC[N-]CC[N-]CCN(C)CCN(C)CC1.[Pm].[Pm].[Pm]. The summed E-state index contributed by atoms with van der Waals surface area (Å²) in [6, 6.07) is 0. The maximum absolute atomic E-state index is 4.53. The molecule has 3 radical (unpaired) electrons. The normalized spacial score (nSPS) is 22.1.